The Morgan fingerprint density at radius 2 is 1.17 bits per heavy atom. The molecule has 1 aliphatic heterocycles. The number of halogens is 3. The Kier molecular flexibility index (Phi) is 14.9. The van der Waals surface area contributed by atoms with Gasteiger partial charge in [0, 0.05) is 45.2 Å². The smallest absolute Gasteiger partial charge is 0.465 e. The number of anilines is 3. The van der Waals surface area contributed by atoms with Crippen LogP contribution in [0.1, 0.15) is 69.4 Å². The maximum Gasteiger partial charge on any atom is 0.497 e. The van der Waals surface area contributed by atoms with Gasteiger partial charge in [0.1, 0.15) is 17.2 Å². The molecule has 3 heterocycles. The number of nitrogen functional groups attached to an aromatic ring is 3. The van der Waals surface area contributed by atoms with Crippen LogP contribution in [0.2, 0.25) is 0 Å². The molecule has 58 heavy (non-hydrogen) atoms. The number of esters is 4. The summed E-state index contributed by atoms with van der Waals surface area (Å²) in [5.74, 6) is -4.58. The first kappa shape index (κ1) is 46.1. The second-order valence-corrected chi connectivity index (χ2v) is 13.8. The van der Waals surface area contributed by atoms with E-state index < -0.39 is 70.0 Å². The van der Waals surface area contributed by atoms with Gasteiger partial charge in [0.25, 0.3) is 5.69 Å². The molecule has 0 aliphatic carbocycles. The molecule has 1 saturated heterocycles. The fraction of sp³-hybridized carbons (Fsp3) is 0.278. The highest BCUT2D eigenvalue weighted by molar-refractivity contribution is 9.10. The predicted octanol–water partition coefficient (Wildman–Crippen LogP) is 4.66. The molecule has 6 N–H and O–H groups in total. The minimum atomic E-state index is -1.05. The normalized spacial score (nSPS) is 13.5. The maximum atomic E-state index is 14.3. The first-order chi connectivity index (χ1) is 27.0. The minimum Gasteiger partial charge on any atom is -0.465 e. The Morgan fingerprint density at radius 1 is 0.707 bits per heavy atom. The van der Waals surface area contributed by atoms with Crippen LogP contribution in [0.3, 0.4) is 0 Å². The van der Waals surface area contributed by atoms with Crippen molar-refractivity contribution in [2.75, 3.05) is 45.6 Å². The number of nitrogens with zero attached hydrogens (tertiary/aromatic N) is 3. The molecular weight excluding hydrogens is 837 g/mol. The van der Waals surface area contributed by atoms with E-state index in [2.05, 4.69) is 44.8 Å². The fourth-order valence-electron chi connectivity index (χ4n) is 4.87. The molecule has 2 aromatic heterocycles. The van der Waals surface area contributed by atoms with Crippen LogP contribution in [-0.2, 0) is 28.3 Å². The van der Waals surface area contributed by atoms with Gasteiger partial charge < -0.3 is 45.5 Å². The quantitative estimate of drug-likeness (QED) is 0.0569. The average Bonchev–Trinajstić information content (AvgIpc) is 3.39. The molecule has 308 valence electrons. The van der Waals surface area contributed by atoms with Crippen molar-refractivity contribution >= 4 is 75.1 Å². The number of hydrogen-bond donors (Lipinski definition) is 3. The Balaban J connectivity index is 0.000000247. The molecule has 0 unspecified atom stereocenters. The summed E-state index contributed by atoms with van der Waals surface area (Å²) in [5, 5.41) is 11.2. The van der Waals surface area contributed by atoms with Crippen LogP contribution in [0.25, 0.3) is 11.1 Å². The minimum absolute atomic E-state index is 0.0183. The number of benzene rings is 2. The van der Waals surface area contributed by atoms with E-state index in [0.717, 1.165) is 37.0 Å². The van der Waals surface area contributed by atoms with Crippen LogP contribution in [0.5, 0.6) is 0 Å². The second kappa shape index (κ2) is 18.8. The number of nitrogens with two attached hydrogens (primary N) is 3. The van der Waals surface area contributed by atoms with Gasteiger partial charge in [0.2, 0.25) is 0 Å². The van der Waals surface area contributed by atoms with Crippen LogP contribution in [-0.4, -0.2) is 85.5 Å². The Hall–Kier alpha value is -6.26. The van der Waals surface area contributed by atoms with E-state index in [9.17, 15) is 38.1 Å². The third kappa shape index (κ3) is 10.4. The zero-order valence-corrected chi connectivity index (χ0v) is 33.9. The van der Waals surface area contributed by atoms with Gasteiger partial charge in [-0.05, 0) is 74.0 Å². The van der Waals surface area contributed by atoms with Crippen LogP contribution >= 0.6 is 15.9 Å². The lowest BCUT2D eigenvalue weighted by Crippen LogP contribution is -2.41. The number of rotatable bonds is 7. The summed E-state index contributed by atoms with van der Waals surface area (Å²) in [5.41, 5.74) is 15.0. The SMILES string of the molecule is COC(=O)c1cc(F)c(-c2cnc(C(=O)OC)c(N)c2)cc1[N+](=O)[O-].COC(=O)c1cc(F)c(B2OC(C)(C)C(C)(C)O2)cc1N.COC(=O)c1ncc(Br)cc1N. The highest BCUT2D eigenvalue weighted by Gasteiger charge is 2.52. The summed E-state index contributed by atoms with van der Waals surface area (Å²) >= 11 is 3.17. The van der Waals surface area contributed by atoms with Crippen molar-refractivity contribution in [2.24, 2.45) is 0 Å². The molecule has 0 saturated carbocycles. The van der Waals surface area contributed by atoms with Crippen LogP contribution < -0.4 is 22.7 Å². The summed E-state index contributed by atoms with van der Waals surface area (Å²) < 4.78 is 58.8. The Bertz CT molecular complexity index is 2250. The van der Waals surface area contributed by atoms with Gasteiger partial charge in [-0.3, -0.25) is 10.1 Å². The first-order valence-electron chi connectivity index (χ1n) is 16.5. The van der Waals surface area contributed by atoms with Gasteiger partial charge >= 0.3 is 31.0 Å². The molecule has 0 spiro atoms. The number of aromatic nitrogens is 2. The van der Waals surface area contributed by atoms with Gasteiger partial charge in [-0.2, -0.15) is 0 Å². The van der Waals surface area contributed by atoms with Crippen molar-refractivity contribution in [3.05, 3.63) is 97.5 Å². The summed E-state index contributed by atoms with van der Waals surface area (Å²) in [6.07, 6.45) is 2.60. The van der Waals surface area contributed by atoms with Crippen LogP contribution in [0.15, 0.2) is 53.3 Å². The molecule has 1 fully saturated rings. The van der Waals surface area contributed by atoms with Crippen molar-refractivity contribution in [1.82, 2.24) is 9.97 Å². The standard InChI is InChI=1S/C15H12FN3O6.C14H19BFNO4.C7H7BrN2O2/c1-24-14(20)9-4-10(16)8(5-12(9)19(22)23)7-3-11(17)13(18-6-7)15(21)25-2;1-13(2)14(3,4)21-15(20-13)9-7-11(17)8(6-10(9)16)12(18)19-5;1-12-7(11)6-5(9)2-4(8)3-10-6/h3-6H,17H2,1-2H3;6-7H,17H2,1-5H3;2-3H,9H2,1H3. The molecule has 22 heteroatoms. The molecule has 0 amide bonds. The highest BCUT2D eigenvalue weighted by Crippen LogP contribution is 2.37. The van der Waals surface area contributed by atoms with Gasteiger partial charge in [0.05, 0.1) is 61.5 Å². The van der Waals surface area contributed by atoms with Gasteiger partial charge in [-0.25, -0.2) is 37.9 Å². The lowest BCUT2D eigenvalue weighted by molar-refractivity contribution is -0.385. The number of ether oxygens (including phenoxy) is 4. The Morgan fingerprint density at radius 3 is 1.64 bits per heavy atom. The average molecular weight is 875 g/mol. The summed E-state index contributed by atoms with van der Waals surface area (Å²) in [4.78, 5) is 63.4. The van der Waals surface area contributed by atoms with Crippen LogP contribution in [0, 0.1) is 21.7 Å². The molecule has 1 aliphatic rings. The summed E-state index contributed by atoms with van der Waals surface area (Å²) in [6, 6.07) is 6.78. The first-order valence-corrected chi connectivity index (χ1v) is 17.3. The lowest BCUT2D eigenvalue weighted by Gasteiger charge is -2.32. The van der Waals surface area contributed by atoms with Crippen molar-refractivity contribution < 1.29 is 61.1 Å². The number of nitro benzene ring substituents is 1. The monoisotopic (exact) mass is 874 g/mol. The number of pyridine rings is 2. The molecular formula is C36H38BBrF2N6O12. The molecule has 0 bridgehead atoms. The van der Waals surface area contributed by atoms with E-state index in [1.54, 1.807) is 6.07 Å². The van der Waals surface area contributed by atoms with Gasteiger partial charge in [-0.15, -0.1) is 0 Å². The largest absolute Gasteiger partial charge is 0.497 e. The van der Waals surface area contributed by atoms with Gasteiger partial charge in [-0.1, -0.05) is 0 Å². The predicted molar refractivity (Wildman–Crippen MR) is 209 cm³/mol. The molecule has 5 rings (SSSR count). The number of hydrogen-bond acceptors (Lipinski definition) is 17. The highest BCUT2D eigenvalue weighted by atomic mass is 79.9. The molecule has 4 aromatic rings. The third-order valence-corrected chi connectivity index (χ3v) is 9.07. The van der Waals surface area contributed by atoms with E-state index in [4.69, 9.17) is 26.5 Å². The summed E-state index contributed by atoms with van der Waals surface area (Å²) in [7, 11) is 3.79. The van der Waals surface area contributed by atoms with Crippen molar-refractivity contribution in [2.45, 2.75) is 38.9 Å². The van der Waals surface area contributed by atoms with Crippen molar-refractivity contribution in [3.8, 4) is 11.1 Å². The molecule has 0 radical (unpaired) electrons. The zero-order valence-electron chi connectivity index (χ0n) is 32.3. The lowest BCUT2D eigenvalue weighted by atomic mass is 9.78. The third-order valence-electron chi connectivity index (χ3n) is 8.64. The van der Waals surface area contributed by atoms with E-state index in [1.165, 1.54) is 32.5 Å². The second-order valence-electron chi connectivity index (χ2n) is 12.9. The number of carbonyl (C=O) groups excluding carboxylic acids is 4. The van der Waals surface area contributed by atoms with Crippen LogP contribution in [0.4, 0.5) is 31.5 Å². The maximum absolute atomic E-state index is 14.3. The summed E-state index contributed by atoms with van der Waals surface area (Å²) in [6.45, 7) is 7.49. The topological polar surface area (TPSA) is 271 Å². The van der Waals surface area contributed by atoms with Crippen molar-refractivity contribution in [1.29, 1.82) is 0 Å². The number of methoxy groups -OCH3 is 4. The van der Waals surface area contributed by atoms with E-state index >= 15 is 0 Å². The van der Waals surface area contributed by atoms with E-state index in [1.807, 2.05) is 27.7 Å². The molecule has 0 atom stereocenters. The fourth-order valence-corrected chi connectivity index (χ4v) is 5.22. The molecule has 2 aromatic carbocycles. The number of carbonyl (C=O) groups is 4. The van der Waals surface area contributed by atoms with E-state index in [-0.39, 0.29) is 44.9 Å². The molecule has 18 nitrogen and oxygen atoms in total. The van der Waals surface area contributed by atoms with Crippen molar-refractivity contribution in [3.63, 3.8) is 0 Å². The number of nitro groups is 1. The Labute approximate surface area is 338 Å². The van der Waals surface area contributed by atoms with Gasteiger partial charge in [0.15, 0.2) is 11.4 Å². The van der Waals surface area contributed by atoms with E-state index in [0.29, 0.717) is 11.8 Å². The zero-order chi connectivity index (χ0) is 43.9.